The molecular weight excluding hydrogens is 436 g/mol. The van der Waals surface area contributed by atoms with Crippen LogP contribution in [0.25, 0.3) is 16.6 Å². The van der Waals surface area contributed by atoms with Gasteiger partial charge in [-0.2, -0.15) is 0 Å². The van der Waals surface area contributed by atoms with E-state index in [1.807, 2.05) is 45.3 Å². The Morgan fingerprint density at radius 1 is 1.24 bits per heavy atom. The van der Waals surface area contributed by atoms with Crippen molar-refractivity contribution in [3.8, 4) is 5.75 Å². The first-order chi connectivity index (χ1) is 15.7. The molecule has 0 saturated carbocycles. The van der Waals surface area contributed by atoms with Crippen LogP contribution in [-0.4, -0.2) is 46.8 Å². The van der Waals surface area contributed by atoms with E-state index < -0.39 is 0 Å². The largest absolute Gasteiger partial charge is 0.487 e. The topological polar surface area (TPSA) is 58.6 Å². The van der Waals surface area contributed by atoms with E-state index in [-0.39, 0.29) is 12.5 Å². The molecule has 33 heavy (non-hydrogen) atoms. The maximum atomic E-state index is 11.7. The summed E-state index contributed by atoms with van der Waals surface area (Å²) < 4.78 is 6.25. The van der Waals surface area contributed by atoms with Crippen LogP contribution in [0, 0.1) is 6.92 Å². The highest BCUT2D eigenvalue weighted by Gasteiger charge is 2.16. The van der Waals surface area contributed by atoms with Crippen LogP contribution < -0.4 is 4.74 Å². The number of carbonyl (C=O) groups excluding carboxylic acids is 1. The smallest absolute Gasteiger partial charge is 0.219 e. The van der Waals surface area contributed by atoms with Crippen molar-refractivity contribution in [3.05, 3.63) is 82.8 Å². The van der Waals surface area contributed by atoms with Crippen molar-refractivity contribution in [1.29, 1.82) is 0 Å². The molecule has 0 saturated heterocycles. The molecule has 0 unspecified atom stereocenters. The number of hydrogen-bond acceptors (Lipinski definition) is 5. The molecule has 0 aliphatic heterocycles. The molecule has 1 aromatic carbocycles. The normalized spacial score (nSPS) is 11.4. The molecule has 0 radical (unpaired) electrons. The van der Waals surface area contributed by atoms with E-state index >= 15 is 0 Å². The standard InChI is InChI=1S/C26H29ClN4O2/c1-7-9-24(30(4)5)21-12-17(2)29-26-20(21)10-8-11-25(26)33-16-22-19(13-28-14-23(22)27)15-31(6)18(3)32/h7-14H,1,15-16H2,2-6H3/b24-9-. The van der Waals surface area contributed by atoms with Crippen LogP contribution in [0.2, 0.25) is 5.02 Å². The third-order valence-corrected chi connectivity index (χ3v) is 5.70. The number of aryl methyl sites for hydroxylation is 1. The number of aromatic nitrogens is 2. The first-order valence-corrected chi connectivity index (χ1v) is 11.0. The Bertz CT molecular complexity index is 1220. The average molecular weight is 465 g/mol. The van der Waals surface area contributed by atoms with Gasteiger partial charge in [-0.1, -0.05) is 36.4 Å². The van der Waals surface area contributed by atoms with Gasteiger partial charge in [0.05, 0.1) is 5.02 Å². The van der Waals surface area contributed by atoms with Crippen LogP contribution in [0.4, 0.5) is 0 Å². The Labute approximate surface area is 200 Å². The highest BCUT2D eigenvalue weighted by atomic mass is 35.5. The minimum absolute atomic E-state index is 0.0348. The molecular formula is C26H29ClN4O2. The zero-order valence-corrected chi connectivity index (χ0v) is 20.5. The number of carbonyl (C=O) groups is 1. The van der Waals surface area contributed by atoms with Crippen molar-refractivity contribution in [2.75, 3.05) is 21.1 Å². The lowest BCUT2D eigenvalue weighted by atomic mass is 10.0. The Kier molecular flexibility index (Phi) is 7.71. The number of allylic oxidation sites excluding steroid dienone is 2. The second-order valence-corrected chi connectivity index (χ2v) is 8.48. The first-order valence-electron chi connectivity index (χ1n) is 10.6. The number of para-hydroxylation sites is 1. The summed E-state index contributed by atoms with van der Waals surface area (Å²) in [6.45, 7) is 7.98. The van der Waals surface area contributed by atoms with E-state index in [9.17, 15) is 4.79 Å². The van der Waals surface area contributed by atoms with Gasteiger partial charge < -0.3 is 14.5 Å². The molecule has 7 heteroatoms. The molecule has 6 nitrogen and oxygen atoms in total. The molecule has 0 bridgehead atoms. The summed E-state index contributed by atoms with van der Waals surface area (Å²) in [4.78, 5) is 24.3. The number of fused-ring (bicyclic) bond motifs is 1. The van der Waals surface area contributed by atoms with Crippen molar-refractivity contribution in [2.45, 2.75) is 27.0 Å². The molecule has 2 heterocycles. The molecule has 1 amide bonds. The van der Waals surface area contributed by atoms with Gasteiger partial charge in [0.15, 0.2) is 0 Å². The number of pyridine rings is 2. The zero-order valence-electron chi connectivity index (χ0n) is 19.7. The van der Waals surface area contributed by atoms with Crippen molar-refractivity contribution in [1.82, 2.24) is 19.8 Å². The van der Waals surface area contributed by atoms with E-state index in [2.05, 4.69) is 22.5 Å². The van der Waals surface area contributed by atoms with E-state index in [1.54, 1.807) is 30.4 Å². The van der Waals surface area contributed by atoms with Crippen molar-refractivity contribution < 1.29 is 9.53 Å². The molecule has 0 spiro atoms. The highest BCUT2D eigenvalue weighted by molar-refractivity contribution is 6.31. The highest BCUT2D eigenvalue weighted by Crippen LogP contribution is 2.32. The van der Waals surface area contributed by atoms with Crippen LogP contribution in [-0.2, 0) is 17.9 Å². The molecule has 3 rings (SSSR count). The van der Waals surface area contributed by atoms with E-state index in [4.69, 9.17) is 21.3 Å². The number of rotatable bonds is 8. The fourth-order valence-electron chi connectivity index (χ4n) is 3.59. The molecule has 0 aliphatic rings. The van der Waals surface area contributed by atoms with Crippen molar-refractivity contribution >= 4 is 34.1 Å². The van der Waals surface area contributed by atoms with E-state index in [0.717, 1.165) is 39.0 Å². The summed E-state index contributed by atoms with van der Waals surface area (Å²) in [6.07, 6.45) is 7.07. The quantitative estimate of drug-likeness (QED) is 0.427. The van der Waals surface area contributed by atoms with Crippen molar-refractivity contribution in [3.63, 3.8) is 0 Å². The maximum absolute atomic E-state index is 11.7. The Balaban J connectivity index is 2.02. The van der Waals surface area contributed by atoms with Gasteiger partial charge in [0.2, 0.25) is 5.91 Å². The molecule has 2 aromatic heterocycles. The zero-order chi connectivity index (χ0) is 24.1. The number of hydrogen-bond donors (Lipinski definition) is 0. The summed E-state index contributed by atoms with van der Waals surface area (Å²) in [6, 6.07) is 7.97. The predicted octanol–water partition coefficient (Wildman–Crippen LogP) is 5.24. The second-order valence-electron chi connectivity index (χ2n) is 8.07. The lowest BCUT2D eigenvalue weighted by molar-refractivity contribution is -0.128. The van der Waals surface area contributed by atoms with Crippen LogP contribution in [0.5, 0.6) is 5.75 Å². The molecule has 3 aromatic rings. The van der Waals surface area contributed by atoms with Gasteiger partial charge in [-0.05, 0) is 30.7 Å². The van der Waals surface area contributed by atoms with Crippen LogP contribution in [0.1, 0.15) is 29.3 Å². The molecule has 0 N–H and O–H groups in total. The van der Waals surface area contributed by atoms with Crippen LogP contribution in [0.3, 0.4) is 0 Å². The minimum Gasteiger partial charge on any atom is -0.487 e. The number of halogens is 1. The Hall–Kier alpha value is -3.38. The minimum atomic E-state index is -0.0348. The van der Waals surface area contributed by atoms with Gasteiger partial charge >= 0.3 is 0 Å². The lowest BCUT2D eigenvalue weighted by Gasteiger charge is -2.21. The summed E-state index contributed by atoms with van der Waals surface area (Å²) in [5.41, 5.74) is 5.38. The molecule has 172 valence electrons. The fraction of sp³-hybridized carbons (Fsp3) is 0.269. The van der Waals surface area contributed by atoms with Gasteiger partial charge in [0, 0.05) is 74.9 Å². The van der Waals surface area contributed by atoms with Crippen LogP contribution >= 0.6 is 11.6 Å². The SMILES string of the molecule is C=C/C=C(/c1cc(C)nc2c(OCc3c(Cl)cncc3CN(C)C(C)=O)cccc12)N(C)C. The lowest BCUT2D eigenvalue weighted by Crippen LogP contribution is -2.24. The number of benzene rings is 1. The van der Waals surface area contributed by atoms with Gasteiger partial charge in [0.25, 0.3) is 0 Å². The number of amides is 1. The number of ether oxygens (including phenoxy) is 1. The Morgan fingerprint density at radius 2 is 2.00 bits per heavy atom. The van der Waals surface area contributed by atoms with Gasteiger partial charge in [-0.25, -0.2) is 4.98 Å². The monoisotopic (exact) mass is 464 g/mol. The third kappa shape index (κ3) is 5.52. The average Bonchev–Trinajstić information content (AvgIpc) is 2.76. The first kappa shape index (κ1) is 24.3. The Morgan fingerprint density at radius 3 is 2.67 bits per heavy atom. The van der Waals surface area contributed by atoms with E-state index in [1.165, 1.54) is 6.92 Å². The fourth-order valence-corrected chi connectivity index (χ4v) is 3.82. The summed E-state index contributed by atoms with van der Waals surface area (Å²) in [5.74, 6) is 0.625. The third-order valence-electron chi connectivity index (χ3n) is 5.38. The summed E-state index contributed by atoms with van der Waals surface area (Å²) >= 11 is 6.45. The van der Waals surface area contributed by atoms with Gasteiger partial charge in [0.1, 0.15) is 17.9 Å². The van der Waals surface area contributed by atoms with E-state index in [0.29, 0.717) is 17.3 Å². The van der Waals surface area contributed by atoms with Crippen LogP contribution in [0.15, 0.2) is 55.4 Å². The molecule has 0 aliphatic carbocycles. The summed E-state index contributed by atoms with van der Waals surface area (Å²) in [7, 11) is 5.75. The predicted molar refractivity (Wildman–Crippen MR) is 134 cm³/mol. The van der Waals surface area contributed by atoms with Gasteiger partial charge in [-0.15, -0.1) is 0 Å². The second kappa shape index (κ2) is 10.5. The molecule has 0 atom stereocenters. The maximum Gasteiger partial charge on any atom is 0.219 e. The summed E-state index contributed by atoms with van der Waals surface area (Å²) in [5, 5.41) is 1.48. The van der Waals surface area contributed by atoms with Crippen molar-refractivity contribution in [2.24, 2.45) is 0 Å². The number of nitrogens with zero attached hydrogens (tertiary/aromatic N) is 4. The van der Waals surface area contributed by atoms with Gasteiger partial charge in [-0.3, -0.25) is 9.78 Å². The molecule has 0 fully saturated rings.